The van der Waals surface area contributed by atoms with Crippen molar-refractivity contribution in [1.82, 2.24) is 4.72 Å². The molecular weight excluding hydrogens is 390 g/mol. The average molecular weight is 405 g/mol. The van der Waals surface area contributed by atoms with Crippen molar-refractivity contribution < 1.29 is 13.2 Å². The summed E-state index contributed by atoms with van der Waals surface area (Å²) in [4.78, 5) is 0.184. The number of rotatable bonds is 6. The third kappa shape index (κ3) is 4.08. The number of sulfonamides is 1. The molecule has 1 N–H and O–H groups in total. The van der Waals surface area contributed by atoms with Crippen molar-refractivity contribution in [3.05, 3.63) is 63.6 Å². The Labute approximate surface area is 143 Å². The zero-order chi connectivity index (χ0) is 16.2. The minimum atomic E-state index is -3.64. The van der Waals surface area contributed by atoms with Crippen LogP contribution in [0.1, 0.15) is 11.7 Å². The fraction of sp³-hybridized carbons (Fsp3) is 0.200. The molecule has 0 fully saturated rings. The van der Waals surface area contributed by atoms with E-state index in [0.717, 1.165) is 5.56 Å². The number of hydrogen-bond acceptors (Lipinski definition) is 3. The molecule has 0 aliphatic heterocycles. The summed E-state index contributed by atoms with van der Waals surface area (Å²) in [6, 6.07) is 13.8. The smallest absolute Gasteiger partial charge is 0.241 e. The van der Waals surface area contributed by atoms with Gasteiger partial charge in [0.1, 0.15) is 0 Å². The van der Waals surface area contributed by atoms with Gasteiger partial charge in [-0.05, 0) is 34.1 Å². The van der Waals surface area contributed by atoms with E-state index < -0.39 is 16.1 Å². The minimum Gasteiger partial charge on any atom is -0.375 e. The molecule has 4 nitrogen and oxygen atoms in total. The van der Waals surface area contributed by atoms with Gasteiger partial charge in [0.2, 0.25) is 10.0 Å². The van der Waals surface area contributed by atoms with Crippen LogP contribution in [-0.4, -0.2) is 22.1 Å². The maximum absolute atomic E-state index is 12.4. The first-order valence-corrected chi connectivity index (χ1v) is 9.12. The van der Waals surface area contributed by atoms with Crippen molar-refractivity contribution in [2.45, 2.75) is 11.0 Å². The molecule has 0 saturated heterocycles. The van der Waals surface area contributed by atoms with Crippen LogP contribution in [0.3, 0.4) is 0 Å². The Kier molecular flexibility index (Phi) is 6.00. The van der Waals surface area contributed by atoms with Crippen LogP contribution in [0.25, 0.3) is 0 Å². The third-order valence-corrected chi connectivity index (χ3v) is 5.90. The van der Waals surface area contributed by atoms with Crippen molar-refractivity contribution in [1.29, 1.82) is 0 Å². The molecule has 0 saturated carbocycles. The predicted octanol–water partition coefficient (Wildman–Crippen LogP) is 3.77. The molecule has 0 amide bonds. The van der Waals surface area contributed by atoms with Crippen LogP contribution in [0.15, 0.2) is 57.9 Å². The molecule has 0 aromatic heterocycles. The number of ether oxygens (including phenoxy) is 1. The Morgan fingerprint density at radius 2 is 1.82 bits per heavy atom. The molecule has 7 heteroatoms. The fourth-order valence-corrected chi connectivity index (χ4v) is 4.27. The van der Waals surface area contributed by atoms with Crippen LogP contribution >= 0.6 is 27.5 Å². The molecule has 0 bridgehead atoms. The molecule has 0 radical (unpaired) electrons. The summed E-state index contributed by atoms with van der Waals surface area (Å²) in [6.07, 6.45) is -0.467. The zero-order valence-electron chi connectivity index (χ0n) is 11.8. The summed E-state index contributed by atoms with van der Waals surface area (Å²) in [7, 11) is -2.12. The van der Waals surface area contributed by atoms with Gasteiger partial charge in [0.05, 0.1) is 11.0 Å². The number of benzene rings is 2. The normalized spacial score (nSPS) is 13.0. The van der Waals surface area contributed by atoms with Crippen LogP contribution in [-0.2, 0) is 14.8 Å². The van der Waals surface area contributed by atoms with Gasteiger partial charge in [-0.2, -0.15) is 0 Å². The van der Waals surface area contributed by atoms with Gasteiger partial charge >= 0.3 is 0 Å². The van der Waals surface area contributed by atoms with E-state index in [0.29, 0.717) is 9.50 Å². The van der Waals surface area contributed by atoms with E-state index in [2.05, 4.69) is 20.7 Å². The molecule has 0 unspecified atom stereocenters. The van der Waals surface area contributed by atoms with Crippen molar-refractivity contribution in [3.8, 4) is 0 Å². The van der Waals surface area contributed by atoms with Crippen molar-refractivity contribution >= 4 is 37.6 Å². The number of hydrogen-bond donors (Lipinski definition) is 1. The standard InChI is InChI=1S/C15H15BrClNO3S/c1-21-14(11-6-2-4-8-13(11)17)10-18-22(19,20)15-9-5-3-7-12(15)16/h2-9,14,18H,10H2,1H3/t14-/m0/s1. The van der Waals surface area contributed by atoms with Gasteiger partial charge in [-0.15, -0.1) is 0 Å². The van der Waals surface area contributed by atoms with Gasteiger partial charge in [0.25, 0.3) is 0 Å². The molecule has 22 heavy (non-hydrogen) atoms. The highest BCUT2D eigenvalue weighted by molar-refractivity contribution is 9.10. The highest BCUT2D eigenvalue weighted by Gasteiger charge is 2.21. The summed E-state index contributed by atoms with van der Waals surface area (Å²) in [6.45, 7) is 0.0872. The van der Waals surface area contributed by atoms with E-state index in [-0.39, 0.29) is 11.4 Å². The van der Waals surface area contributed by atoms with Crippen LogP contribution in [0, 0.1) is 0 Å². The molecule has 0 aliphatic carbocycles. The Morgan fingerprint density at radius 1 is 1.18 bits per heavy atom. The van der Waals surface area contributed by atoms with Gasteiger partial charge in [-0.25, -0.2) is 13.1 Å². The van der Waals surface area contributed by atoms with Crippen molar-refractivity contribution in [2.75, 3.05) is 13.7 Å². The monoisotopic (exact) mass is 403 g/mol. The summed E-state index contributed by atoms with van der Waals surface area (Å²) in [5.41, 5.74) is 0.737. The van der Waals surface area contributed by atoms with E-state index in [1.165, 1.54) is 13.2 Å². The van der Waals surface area contributed by atoms with Crippen molar-refractivity contribution in [2.24, 2.45) is 0 Å². The van der Waals surface area contributed by atoms with Gasteiger partial charge in [-0.1, -0.05) is 41.9 Å². The van der Waals surface area contributed by atoms with E-state index in [1.54, 1.807) is 24.3 Å². The van der Waals surface area contributed by atoms with Crippen LogP contribution in [0.2, 0.25) is 5.02 Å². The Hall–Kier alpha value is -0.920. The molecule has 0 spiro atoms. The van der Waals surface area contributed by atoms with Crippen LogP contribution in [0.4, 0.5) is 0 Å². The molecule has 0 heterocycles. The van der Waals surface area contributed by atoms with Gasteiger partial charge in [-0.3, -0.25) is 0 Å². The first kappa shape index (κ1) is 17.4. The van der Waals surface area contributed by atoms with E-state index in [9.17, 15) is 8.42 Å². The van der Waals surface area contributed by atoms with E-state index >= 15 is 0 Å². The topological polar surface area (TPSA) is 55.4 Å². The van der Waals surface area contributed by atoms with Gasteiger partial charge < -0.3 is 4.74 Å². The lowest BCUT2D eigenvalue weighted by atomic mass is 10.1. The number of methoxy groups -OCH3 is 1. The quantitative estimate of drug-likeness (QED) is 0.797. The summed E-state index contributed by atoms with van der Waals surface area (Å²) in [5.74, 6) is 0. The van der Waals surface area contributed by atoms with Crippen LogP contribution in [0.5, 0.6) is 0 Å². The lowest BCUT2D eigenvalue weighted by Crippen LogP contribution is -2.29. The Bertz CT molecular complexity index is 752. The Balaban J connectivity index is 2.17. The summed E-state index contributed by atoms with van der Waals surface area (Å²) in [5, 5.41) is 0.537. The number of nitrogens with one attached hydrogen (secondary N) is 1. The largest absolute Gasteiger partial charge is 0.375 e. The fourth-order valence-electron chi connectivity index (χ4n) is 1.98. The van der Waals surface area contributed by atoms with Crippen molar-refractivity contribution in [3.63, 3.8) is 0 Å². The zero-order valence-corrected chi connectivity index (χ0v) is 15.0. The molecule has 2 aromatic rings. The molecule has 2 aromatic carbocycles. The summed E-state index contributed by atoms with van der Waals surface area (Å²) >= 11 is 9.37. The Morgan fingerprint density at radius 3 is 2.45 bits per heavy atom. The lowest BCUT2D eigenvalue weighted by Gasteiger charge is -2.18. The van der Waals surface area contributed by atoms with Crippen LogP contribution < -0.4 is 4.72 Å². The minimum absolute atomic E-state index is 0.0872. The second-order valence-electron chi connectivity index (χ2n) is 4.53. The highest BCUT2D eigenvalue weighted by Crippen LogP contribution is 2.26. The molecule has 0 aliphatic rings. The summed E-state index contributed by atoms with van der Waals surface area (Å²) < 4.78 is 33.1. The molecule has 2 rings (SSSR count). The molecule has 118 valence electrons. The second kappa shape index (κ2) is 7.57. The SMILES string of the molecule is CO[C@@H](CNS(=O)(=O)c1ccccc1Br)c1ccccc1Cl. The van der Waals surface area contributed by atoms with E-state index in [4.69, 9.17) is 16.3 Å². The van der Waals surface area contributed by atoms with Gasteiger partial charge in [0, 0.05) is 28.7 Å². The highest BCUT2D eigenvalue weighted by atomic mass is 79.9. The first-order chi connectivity index (χ1) is 10.5. The maximum atomic E-state index is 12.4. The van der Waals surface area contributed by atoms with Gasteiger partial charge in [0.15, 0.2) is 0 Å². The predicted molar refractivity (Wildman–Crippen MR) is 90.5 cm³/mol. The molecule has 1 atom stereocenters. The number of halogens is 2. The first-order valence-electron chi connectivity index (χ1n) is 6.47. The lowest BCUT2D eigenvalue weighted by molar-refractivity contribution is 0.107. The second-order valence-corrected chi connectivity index (χ2v) is 7.53. The molecular formula is C15H15BrClNO3S. The third-order valence-electron chi connectivity index (χ3n) is 3.12. The van der Waals surface area contributed by atoms with E-state index in [1.807, 2.05) is 18.2 Å². The average Bonchev–Trinajstić information content (AvgIpc) is 2.49. The maximum Gasteiger partial charge on any atom is 0.241 e.